The molecule has 0 aromatic carbocycles. The van der Waals surface area contributed by atoms with E-state index in [0.717, 1.165) is 24.4 Å². The van der Waals surface area contributed by atoms with Crippen LogP contribution in [0.4, 0.5) is 0 Å². The number of hydrogen-bond acceptors (Lipinski definition) is 4. The van der Waals surface area contributed by atoms with E-state index in [9.17, 15) is 0 Å². The molecule has 0 saturated heterocycles. The van der Waals surface area contributed by atoms with E-state index in [-0.39, 0.29) is 0 Å². The summed E-state index contributed by atoms with van der Waals surface area (Å²) in [5.41, 5.74) is 2.55. The maximum atomic E-state index is 6.00. The molecule has 1 aliphatic carbocycles. The van der Waals surface area contributed by atoms with E-state index in [4.69, 9.17) is 10.6 Å². The lowest BCUT2D eigenvalue weighted by Crippen LogP contribution is -2.40. The molecule has 2 N–H and O–H groups in total. The molecule has 4 heteroatoms. The summed E-state index contributed by atoms with van der Waals surface area (Å²) in [5.74, 6) is 7.64. The first kappa shape index (κ1) is 8.05. The molecule has 3 aliphatic rings. The topological polar surface area (TPSA) is 50.8 Å². The fourth-order valence-corrected chi connectivity index (χ4v) is 2.24. The van der Waals surface area contributed by atoms with Gasteiger partial charge in [0.15, 0.2) is 18.3 Å². The largest absolute Gasteiger partial charge is 0.467 e. The van der Waals surface area contributed by atoms with Crippen molar-refractivity contribution in [3.63, 3.8) is 0 Å². The van der Waals surface area contributed by atoms with Crippen LogP contribution < -0.4 is 5.84 Å². The van der Waals surface area contributed by atoms with Crippen molar-refractivity contribution in [2.24, 2.45) is 10.8 Å². The van der Waals surface area contributed by atoms with Gasteiger partial charge in [-0.25, -0.2) is 10.8 Å². The van der Waals surface area contributed by atoms with Crippen LogP contribution in [0, 0.1) is 0 Å². The summed E-state index contributed by atoms with van der Waals surface area (Å²) < 4.78 is 5.38. The minimum Gasteiger partial charge on any atom is -0.467 e. The van der Waals surface area contributed by atoms with Gasteiger partial charge >= 0.3 is 0 Å². The van der Waals surface area contributed by atoms with Crippen molar-refractivity contribution in [3.05, 3.63) is 23.1 Å². The maximum Gasteiger partial charge on any atom is 0.188 e. The first-order chi connectivity index (χ1) is 6.86. The number of allylic oxidation sites excluding steroid dienone is 3. The number of nitrogens with two attached hydrogens (primary N) is 1. The summed E-state index contributed by atoms with van der Waals surface area (Å²) in [5, 5.41) is 1.71. The van der Waals surface area contributed by atoms with Crippen molar-refractivity contribution in [2.75, 3.05) is 6.73 Å². The standard InChI is InChI=1S/C10H13N3O/c11-13-8-4-2-1-3-7(8)5-9-10(13)12-6-14-9/h5H,1-4,6,11H2. The zero-order valence-corrected chi connectivity index (χ0v) is 7.99. The third-order valence-electron chi connectivity index (χ3n) is 2.96. The smallest absolute Gasteiger partial charge is 0.188 e. The van der Waals surface area contributed by atoms with Gasteiger partial charge in [0.25, 0.3) is 0 Å². The molecular formula is C10H13N3O. The molecule has 3 rings (SSSR count). The van der Waals surface area contributed by atoms with Gasteiger partial charge in [-0.3, -0.25) is 5.01 Å². The Morgan fingerprint density at radius 3 is 3.14 bits per heavy atom. The zero-order valence-electron chi connectivity index (χ0n) is 7.99. The van der Waals surface area contributed by atoms with Gasteiger partial charge in [0.1, 0.15) is 0 Å². The zero-order chi connectivity index (χ0) is 9.54. The van der Waals surface area contributed by atoms with E-state index in [1.54, 1.807) is 5.01 Å². The van der Waals surface area contributed by atoms with Crippen molar-refractivity contribution in [1.82, 2.24) is 5.01 Å². The molecule has 0 aromatic rings. The molecule has 0 unspecified atom stereocenters. The van der Waals surface area contributed by atoms with Crippen LogP contribution >= 0.6 is 0 Å². The molecular weight excluding hydrogens is 178 g/mol. The molecule has 0 spiro atoms. The van der Waals surface area contributed by atoms with Crippen molar-refractivity contribution in [3.8, 4) is 0 Å². The second-order valence-electron chi connectivity index (χ2n) is 3.81. The lowest BCUT2D eigenvalue weighted by molar-refractivity contribution is 0.257. The van der Waals surface area contributed by atoms with Crippen LogP contribution in [-0.2, 0) is 4.74 Å². The van der Waals surface area contributed by atoms with Crippen LogP contribution in [0.5, 0.6) is 0 Å². The van der Waals surface area contributed by atoms with Gasteiger partial charge in [0, 0.05) is 5.70 Å². The van der Waals surface area contributed by atoms with E-state index in [2.05, 4.69) is 11.1 Å². The predicted octanol–water partition coefficient (Wildman–Crippen LogP) is 1.27. The second kappa shape index (κ2) is 2.85. The van der Waals surface area contributed by atoms with Gasteiger partial charge in [0.05, 0.1) is 0 Å². The highest BCUT2D eigenvalue weighted by Crippen LogP contribution is 2.33. The number of aliphatic imine (C=N–C) groups is 1. The molecule has 0 saturated carbocycles. The lowest BCUT2D eigenvalue weighted by Gasteiger charge is -2.30. The van der Waals surface area contributed by atoms with Crippen LogP contribution in [0.15, 0.2) is 28.1 Å². The second-order valence-corrected chi connectivity index (χ2v) is 3.81. The van der Waals surface area contributed by atoms with Gasteiger partial charge in [-0.05, 0) is 37.3 Å². The molecule has 74 valence electrons. The average molecular weight is 191 g/mol. The number of hydrazine groups is 1. The van der Waals surface area contributed by atoms with Gasteiger partial charge in [-0.1, -0.05) is 0 Å². The Kier molecular flexibility index (Phi) is 1.64. The number of fused-ring (bicyclic) bond motifs is 1. The quantitative estimate of drug-likeness (QED) is 0.587. The number of amidine groups is 1. The summed E-state index contributed by atoms with van der Waals surface area (Å²) in [4.78, 5) is 4.22. The number of ether oxygens (including phenoxy) is 1. The third kappa shape index (κ3) is 1.00. The minimum atomic E-state index is 0.412. The Bertz CT molecular complexity index is 368. The maximum absolute atomic E-state index is 6.00. The van der Waals surface area contributed by atoms with E-state index in [1.807, 2.05) is 0 Å². The highest BCUT2D eigenvalue weighted by molar-refractivity contribution is 6.00. The Balaban J connectivity index is 2.06. The molecule has 0 aromatic heterocycles. The van der Waals surface area contributed by atoms with Crippen molar-refractivity contribution >= 4 is 5.84 Å². The number of hydrogen-bond donors (Lipinski definition) is 1. The molecule has 2 aliphatic heterocycles. The third-order valence-corrected chi connectivity index (χ3v) is 2.96. The van der Waals surface area contributed by atoms with E-state index < -0.39 is 0 Å². The Labute approximate surface area is 82.7 Å². The van der Waals surface area contributed by atoms with Crippen molar-refractivity contribution in [2.45, 2.75) is 25.7 Å². The molecule has 0 bridgehead atoms. The Morgan fingerprint density at radius 1 is 1.36 bits per heavy atom. The highest BCUT2D eigenvalue weighted by Gasteiger charge is 2.29. The van der Waals surface area contributed by atoms with Crippen LogP contribution in [0.2, 0.25) is 0 Å². The molecule has 14 heavy (non-hydrogen) atoms. The van der Waals surface area contributed by atoms with Gasteiger partial charge in [-0.2, -0.15) is 0 Å². The summed E-state index contributed by atoms with van der Waals surface area (Å²) in [6, 6.07) is 0. The Hall–Kier alpha value is -1.29. The molecule has 0 atom stereocenters. The van der Waals surface area contributed by atoms with Gasteiger partial charge in [-0.15, -0.1) is 0 Å². The van der Waals surface area contributed by atoms with Crippen LogP contribution in [0.1, 0.15) is 25.7 Å². The fourth-order valence-electron chi connectivity index (χ4n) is 2.24. The average Bonchev–Trinajstić information content (AvgIpc) is 2.66. The monoisotopic (exact) mass is 191 g/mol. The summed E-state index contributed by atoms with van der Waals surface area (Å²) in [6.07, 6.45) is 6.76. The van der Waals surface area contributed by atoms with Crippen LogP contribution in [-0.4, -0.2) is 17.6 Å². The fraction of sp³-hybridized carbons (Fsp3) is 0.500. The van der Waals surface area contributed by atoms with Crippen molar-refractivity contribution < 1.29 is 4.74 Å². The Morgan fingerprint density at radius 2 is 2.21 bits per heavy atom. The molecule has 0 fully saturated rings. The summed E-state index contributed by atoms with van der Waals surface area (Å²) >= 11 is 0. The van der Waals surface area contributed by atoms with Crippen LogP contribution in [0.25, 0.3) is 0 Å². The lowest BCUT2D eigenvalue weighted by atomic mass is 9.93. The van der Waals surface area contributed by atoms with Crippen LogP contribution in [0.3, 0.4) is 0 Å². The number of rotatable bonds is 0. The molecule has 0 radical (unpaired) electrons. The molecule has 4 nitrogen and oxygen atoms in total. The van der Waals surface area contributed by atoms with Gasteiger partial charge in [0.2, 0.25) is 0 Å². The summed E-state index contributed by atoms with van der Waals surface area (Å²) in [6.45, 7) is 0.412. The molecule has 2 heterocycles. The minimum absolute atomic E-state index is 0.412. The van der Waals surface area contributed by atoms with Gasteiger partial charge < -0.3 is 4.74 Å². The first-order valence-electron chi connectivity index (χ1n) is 5.02. The highest BCUT2D eigenvalue weighted by atomic mass is 16.5. The van der Waals surface area contributed by atoms with E-state index in [1.165, 1.54) is 24.1 Å². The molecule has 0 amide bonds. The van der Waals surface area contributed by atoms with E-state index in [0.29, 0.717) is 6.73 Å². The van der Waals surface area contributed by atoms with Crippen molar-refractivity contribution in [1.29, 1.82) is 0 Å². The first-order valence-corrected chi connectivity index (χ1v) is 5.02. The summed E-state index contributed by atoms with van der Waals surface area (Å²) in [7, 11) is 0. The predicted molar refractivity (Wildman–Crippen MR) is 53.0 cm³/mol. The number of nitrogens with zero attached hydrogens (tertiary/aromatic N) is 2. The van der Waals surface area contributed by atoms with E-state index >= 15 is 0 Å². The normalized spacial score (nSPS) is 25.1. The SMILES string of the molecule is NN1C2=NCOC2=CC2=C1CCCC2.